The molecule has 0 bridgehead atoms. The van der Waals surface area contributed by atoms with Gasteiger partial charge in [0.05, 0.1) is 16.7 Å². The van der Waals surface area contributed by atoms with Gasteiger partial charge in [0, 0.05) is 16.9 Å². The number of anilines is 2. The first kappa shape index (κ1) is 25.8. The maximum absolute atomic E-state index is 9.30. The molecule has 3 rings (SSSR count). The average Bonchev–Trinajstić information content (AvgIpc) is 3.24. The Morgan fingerprint density at radius 1 is 1.15 bits per heavy atom. The van der Waals surface area contributed by atoms with Crippen LogP contribution in [0.4, 0.5) is 11.4 Å². The number of aromatic nitrogens is 2. The highest BCUT2D eigenvalue weighted by Crippen LogP contribution is 2.40. The van der Waals surface area contributed by atoms with Crippen LogP contribution in [0.15, 0.2) is 40.8 Å². The molecule has 2 aromatic carbocycles. The molecular formula is C25H32ClN5O2Si. The molecule has 0 saturated carbocycles. The van der Waals surface area contributed by atoms with E-state index in [0.29, 0.717) is 28.1 Å². The van der Waals surface area contributed by atoms with E-state index in [2.05, 4.69) is 55.4 Å². The summed E-state index contributed by atoms with van der Waals surface area (Å²) in [5.74, 6) is 0.800. The second kappa shape index (κ2) is 9.78. The van der Waals surface area contributed by atoms with Crippen molar-refractivity contribution in [3.8, 4) is 17.5 Å². The number of hydrogen-bond donors (Lipinski definition) is 2. The quantitative estimate of drug-likeness (QED) is 0.275. The highest BCUT2D eigenvalue weighted by molar-refractivity contribution is 6.74. The fourth-order valence-corrected chi connectivity index (χ4v) is 4.91. The minimum absolute atomic E-state index is 0.0312. The van der Waals surface area contributed by atoms with E-state index in [1.165, 1.54) is 0 Å². The van der Waals surface area contributed by atoms with Crippen molar-refractivity contribution in [1.82, 2.24) is 10.2 Å². The summed E-state index contributed by atoms with van der Waals surface area (Å²) >= 11 is 6.42. The van der Waals surface area contributed by atoms with E-state index in [1.807, 2.05) is 32.0 Å². The van der Waals surface area contributed by atoms with Crippen molar-refractivity contribution >= 4 is 31.3 Å². The molecule has 0 unspecified atom stereocenters. The van der Waals surface area contributed by atoms with E-state index < -0.39 is 14.4 Å². The predicted octanol–water partition coefficient (Wildman–Crippen LogP) is 6.72. The Morgan fingerprint density at radius 3 is 2.38 bits per heavy atom. The SMILES string of the molecule is Cc1c(N[C@@H](c2nnc(-c3ccc(N)cc3)o2)[C@H](C)O[Si](C)(C)C(C)(C)C)ccc(C#N)c1Cl. The summed E-state index contributed by atoms with van der Waals surface area (Å²) in [6, 6.07) is 12.5. The molecule has 0 fully saturated rings. The Morgan fingerprint density at radius 2 is 1.79 bits per heavy atom. The fraction of sp³-hybridized carbons (Fsp3) is 0.400. The third kappa shape index (κ3) is 5.44. The van der Waals surface area contributed by atoms with Crippen molar-refractivity contribution in [3.05, 3.63) is 58.4 Å². The number of benzene rings is 2. The molecular weight excluding hydrogens is 466 g/mol. The lowest BCUT2D eigenvalue weighted by Gasteiger charge is -2.40. The molecule has 1 heterocycles. The van der Waals surface area contributed by atoms with Crippen molar-refractivity contribution in [2.75, 3.05) is 11.1 Å². The molecule has 3 N–H and O–H groups in total. The molecule has 0 radical (unpaired) electrons. The third-order valence-electron chi connectivity index (χ3n) is 6.44. The number of nitrogen functional groups attached to an aromatic ring is 1. The number of halogens is 1. The van der Waals surface area contributed by atoms with Crippen LogP contribution in [-0.4, -0.2) is 24.6 Å². The van der Waals surface area contributed by atoms with E-state index in [9.17, 15) is 5.26 Å². The van der Waals surface area contributed by atoms with Gasteiger partial charge in [-0.05, 0) is 73.9 Å². The van der Waals surface area contributed by atoms with E-state index in [0.717, 1.165) is 16.8 Å². The first-order chi connectivity index (χ1) is 15.8. The van der Waals surface area contributed by atoms with Gasteiger partial charge in [-0.15, -0.1) is 10.2 Å². The summed E-state index contributed by atoms with van der Waals surface area (Å²) in [6.45, 7) is 14.9. The van der Waals surface area contributed by atoms with Crippen LogP contribution in [0.2, 0.25) is 23.2 Å². The van der Waals surface area contributed by atoms with Gasteiger partial charge in [0.15, 0.2) is 8.32 Å². The van der Waals surface area contributed by atoms with E-state index in [4.69, 9.17) is 26.2 Å². The standard InChI is InChI=1S/C25H32ClN5O2Si/c1-15-20(13-10-18(14-27)21(15)26)29-22(16(2)33-34(6,7)25(3,4)5)24-31-30-23(32-24)17-8-11-19(28)12-9-17/h8-13,16,22,29H,28H2,1-7H3/t16-,22+/m0/s1. The molecule has 180 valence electrons. The molecule has 0 spiro atoms. The van der Waals surface area contributed by atoms with Crippen LogP contribution in [0.5, 0.6) is 0 Å². The van der Waals surface area contributed by atoms with Crippen LogP contribution in [-0.2, 0) is 4.43 Å². The minimum Gasteiger partial charge on any atom is -0.418 e. The third-order valence-corrected chi connectivity index (χ3v) is 11.5. The van der Waals surface area contributed by atoms with E-state index in [-0.39, 0.29) is 11.1 Å². The second-order valence-corrected chi connectivity index (χ2v) is 15.1. The minimum atomic E-state index is -2.10. The molecule has 3 aromatic rings. The van der Waals surface area contributed by atoms with Gasteiger partial charge in [-0.3, -0.25) is 0 Å². The highest BCUT2D eigenvalue weighted by Gasteiger charge is 2.41. The summed E-state index contributed by atoms with van der Waals surface area (Å²) in [7, 11) is -2.10. The van der Waals surface area contributed by atoms with Crippen LogP contribution < -0.4 is 11.1 Å². The predicted molar refractivity (Wildman–Crippen MR) is 139 cm³/mol. The first-order valence-corrected chi connectivity index (χ1v) is 14.5. The van der Waals surface area contributed by atoms with Gasteiger partial charge in [-0.2, -0.15) is 5.26 Å². The molecule has 0 aliphatic rings. The van der Waals surface area contributed by atoms with Gasteiger partial charge in [0.2, 0.25) is 11.8 Å². The summed E-state index contributed by atoms with van der Waals surface area (Å²) in [5, 5.41) is 21.9. The Bertz CT molecular complexity index is 1200. The van der Waals surface area contributed by atoms with Crippen LogP contribution >= 0.6 is 11.6 Å². The number of nitriles is 1. The van der Waals surface area contributed by atoms with Gasteiger partial charge in [0.25, 0.3) is 0 Å². The zero-order valence-electron chi connectivity index (χ0n) is 20.7. The van der Waals surface area contributed by atoms with Crippen LogP contribution in [0.25, 0.3) is 11.5 Å². The highest BCUT2D eigenvalue weighted by atomic mass is 35.5. The van der Waals surface area contributed by atoms with Crippen molar-refractivity contribution < 1.29 is 8.84 Å². The molecule has 34 heavy (non-hydrogen) atoms. The van der Waals surface area contributed by atoms with Gasteiger partial charge in [-0.25, -0.2) is 0 Å². The van der Waals surface area contributed by atoms with Crippen molar-refractivity contribution in [2.45, 2.75) is 64.9 Å². The maximum Gasteiger partial charge on any atom is 0.247 e. The summed E-state index contributed by atoms with van der Waals surface area (Å²) in [6.07, 6.45) is -0.283. The molecule has 9 heteroatoms. The lowest BCUT2D eigenvalue weighted by atomic mass is 10.1. The summed E-state index contributed by atoms with van der Waals surface area (Å²) in [5.41, 5.74) is 9.21. The van der Waals surface area contributed by atoms with Crippen LogP contribution in [0.1, 0.15) is 50.8 Å². The lowest BCUT2D eigenvalue weighted by molar-refractivity contribution is 0.166. The normalized spacial score (nSPS) is 13.9. The first-order valence-electron chi connectivity index (χ1n) is 11.2. The number of nitrogens with zero attached hydrogens (tertiary/aromatic N) is 3. The fourth-order valence-electron chi connectivity index (χ4n) is 3.29. The van der Waals surface area contributed by atoms with Gasteiger partial charge in [0.1, 0.15) is 12.1 Å². The van der Waals surface area contributed by atoms with Crippen molar-refractivity contribution in [3.63, 3.8) is 0 Å². The molecule has 1 aromatic heterocycles. The Balaban J connectivity index is 2.00. The molecule has 2 atom stereocenters. The number of hydrogen-bond acceptors (Lipinski definition) is 7. The van der Waals surface area contributed by atoms with Gasteiger partial charge >= 0.3 is 0 Å². The van der Waals surface area contributed by atoms with Crippen LogP contribution in [0.3, 0.4) is 0 Å². The Kier molecular flexibility index (Phi) is 7.41. The molecule has 0 aliphatic carbocycles. The van der Waals surface area contributed by atoms with Crippen LogP contribution in [0, 0.1) is 18.3 Å². The number of rotatable bonds is 7. The lowest BCUT2D eigenvalue weighted by Crippen LogP contribution is -2.45. The number of nitrogens with two attached hydrogens (primary N) is 1. The molecule has 0 saturated heterocycles. The zero-order valence-corrected chi connectivity index (χ0v) is 22.5. The zero-order chi connectivity index (χ0) is 25.3. The van der Waals surface area contributed by atoms with Gasteiger partial charge in [-0.1, -0.05) is 32.4 Å². The van der Waals surface area contributed by atoms with Crippen molar-refractivity contribution in [2.24, 2.45) is 0 Å². The summed E-state index contributed by atoms with van der Waals surface area (Å²) < 4.78 is 12.8. The maximum atomic E-state index is 9.30. The monoisotopic (exact) mass is 497 g/mol. The Labute approximate surface area is 207 Å². The average molecular weight is 498 g/mol. The second-order valence-electron chi connectivity index (χ2n) is 9.98. The van der Waals surface area contributed by atoms with Gasteiger partial charge < -0.3 is 19.9 Å². The molecule has 0 aliphatic heterocycles. The summed E-state index contributed by atoms with van der Waals surface area (Å²) in [4.78, 5) is 0. The molecule has 7 nitrogen and oxygen atoms in total. The van der Waals surface area contributed by atoms with Crippen molar-refractivity contribution in [1.29, 1.82) is 5.26 Å². The molecule has 0 amide bonds. The smallest absolute Gasteiger partial charge is 0.247 e. The number of nitrogens with one attached hydrogen (secondary N) is 1. The largest absolute Gasteiger partial charge is 0.418 e. The van der Waals surface area contributed by atoms with E-state index >= 15 is 0 Å². The topological polar surface area (TPSA) is 110 Å². The Hall–Kier alpha value is -2.86. The van der Waals surface area contributed by atoms with E-state index in [1.54, 1.807) is 18.2 Å².